The van der Waals surface area contributed by atoms with Crippen LogP contribution in [-0.4, -0.2) is 17.4 Å². The third-order valence-electron chi connectivity index (χ3n) is 5.43. The molecule has 0 aliphatic rings. The number of hydrogen-bond donors (Lipinski definition) is 0. The van der Waals surface area contributed by atoms with E-state index in [-0.39, 0.29) is 4.90 Å². The van der Waals surface area contributed by atoms with Crippen molar-refractivity contribution in [3.63, 3.8) is 0 Å². The van der Waals surface area contributed by atoms with E-state index >= 15 is 0 Å². The van der Waals surface area contributed by atoms with Crippen molar-refractivity contribution >= 4 is 42.7 Å². The molecule has 144 valence electrons. The van der Waals surface area contributed by atoms with Crippen molar-refractivity contribution in [2.45, 2.75) is 24.7 Å². The van der Waals surface area contributed by atoms with Crippen molar-refractivity contribution in [3.8, 4) is 0 Å². The Morgan fingerprint density at radius 2 is 1.55 bits per heavy atom. The van der Waals surface area contributed by atoms with E-state index in [1.54, 1.807) is 30.5 Å². The van der Waals surface area contributed by atoms with Crippen LogP contribution in [0, 0.1) is 0 Å². The van der Waals surface area contributed by atoms with Gasteiger partial charge in [0, 0.05) is 16.2 Å². The summed E-state index contributed by atoms with van der Waals surface area (Å²) in [4.78, 5) is 4.85. The van der Waals surface area contributed by atoms with Gasteiger partial charge in [-0.25, -0.2) is 12.4 Å². The lowest BCUT2D eigenvalue weighted by atomic mass is 9.99. The third-order valence-corrected chi connectivity index (χ3v) is 7.17. The molecule has 29 heavy (non-hydrogen) atoms. The van der Waals surface area contributed by atoms with Gasteiger partial charge in [0.1, 0.15) is 0 Å². The first-order valence-corrected chi connectivity index (χ1v) is 11.0. The summed E-state index contributed by atoms with van der Waals surface area (Å²) in [6.07, 6.45) is 1.67. The molecule has 5 heteroatoms. The van der Waals surface area contributed by atoms with E-state index < -0.39 is 10.0 Å². The van der Waals surface area contributed by atoms with Gasteiger partial charge in [-0.3, -0.25) is 4.98 Å². The highest BCUT2D eigenvalue weighted by molar-refractivity contribution is 7.90. The average Bonchev–Trinajstić information content (AvgIpc) is 3.09. The van der Waals surface area contributed by atoms with Crippen LogP contribution in [0.2, 0.25) is 0 Å². The Bertz CT molecular complexity index is 1480. The minimum Gasteiger partial charge on any atom is -0.254 e. The van der Waals surface area contributed by atoms with Gasteiger partial charge in [-0.1, -0.05) is 56.3 Å². The second-order valence-electron chi connectivity index (χ2n) is 7.55. The van der Waals surface area contributed by atoms with Gasteiger partial charge in [0.15, 0.2) is 0 Å². The molecular formula is C24H20N2O2S. The van der Waals surface area contributed by atoms with Crippen molar-refractivity contribution in [2.24, 2.45) is 0 Å². The number of nitrogens with zero attached hydrogens (tertiary/aromatic N) is 2. The number of pyridine rings is 1. The zero-order chi connectivity index (χ0) is 20.2. The van der Waals surface area contributed by atoms with Crippen molar-refractivity contribution in [1.29, 1.82) is 0 Å². The first-order chi connectivity index (χ1) is 14.0. The smallest absolute Gasteiger partial charge is 0.254 e. The average molecular weight is 401 g/mol. The van der Waals surface area contributed by atoms with Gasteiger partial charge in [0.05, 0.1) is 27.6 Å². The summed E-state index contributed by atoms with van der Waals surface area (Å²) >= 11 is 0. The Balaban J connectivity index is 1.97. The second kappa shape index (κ2) is 6.42. The Labute approximate surface area is 169 Å². The van der Waals surface area contributed by atoms with Gasteiger partial charge in [0.25, 0.3) is 10.0 Å². The highest BCUT2D eigenvalue weighted by atomic mass is 32.2. The Kier molecular flexibility index (Phi) is 3.96. The molecule has 0 amide bonds. The molecule has 0 spiro atoms. The molecule has 3 aromatic carbocycles. The first-order valence-electron chi connectivity index (χ1n) is 9.61. The fraction of sp³-hybridized carbons (Fsp3) is 0.125. The summed E-state index contributed by atoms with van der Waals surface area (Å²) in [5, 5.41) is 2.81. The summed E-state index contributed by atoms with van der Waals surface area (Å²) in [6.45, 7) is 4.30. The van der Waals surface area contributed by atoms with E-state index in [0.717, 1.165) is 21.7 Å². The summed E-state index contributed by atoms with van der Waals surface area (Å²) in [5.41, 5.74) is 3.33. The van der Waals surface area contributed by atoms with Gasteiger partial charge in [0.2, 0.25) is 0 Å². The maximum Gasteiger partial charge on any atom is 0.268 e. The number of hydrogen-bond acceptors (Lipinski definition) is 3. The Morgan fingerprint density at radius 1 is 0.828 bits per heavy atom. The third kappa shape index (κ3) is 2.65. The van der Waals surface area contributed by atoms with Crippen LogP contribution < -0.4 is 0 Å². The molecule has 0 atom stereocenters. The summed E-state index contributed by atoms with van der Waals surface area (Å²) in [5.74, 6) is 0.371. The summed E-state index contributed by atoms with van der Waals surface area (Å²) in [6, 6.07) is 22.4. The molecular weight excluding hydrogens is 380 g/mol. The van der Waals surface area contributed by atoms with Gasteiger partial charge in [-0.2, -0.15) is 0 Å². The van der Waals surface area contributed by atoms with E-state index in [0.29, 0.717) is 17.0 Å². The number of aromatic nitrogens is 2. The zero-order valence-corrected chi connectivity index (χ0v) is 17.0. The van der Waals surface area contributed by atoms with Crippen molar-refractivity contribution in [3.05, 3.63) is 84.6 Å². The van der Waals surface area contributed by atoms with E-state index in [1.165, 1.54) is 9.54 Å². The first kappa shape index (κ1) is 17.9. The summed E-state index contributed by atoms with van der Waals surface area (Å²) < 4.78 is 28.6. The minimum atomic E-state index is -3.77. The lowest BCUT2D eigenvalue weighted by Gasteiger charge is -2.10. The van der Waals surface area contributed by atoms with Crippen LogP contribution in [0.5, 0.6) is 0 Å². The van der Waals surface area contributed by atoms with Crippen LogP contribution in [0.3, 0.4) is 0 Å². The van der Waals surface area contributed by atoms with Crippen LogP contribution in [0.25, 0.3) is 32.7 Å². The highest BCUT2D eigenvalue weighted by Gasteiger charge is 2.24. The number of fused-ring (bicyclic) bond motifs is 5. The Hall–Kier alpha value is -3.18. The van der Waals surface area contributed by atoms with E-state index in [2.05, 4.69) is 31.0 Å². The molecule has 4 nitrogen and oxygen atoms in total. The topological polar surface area (TPSA) is 52.0 Å². The van der Waals surface area contributed by atoms with Crippen molar-refractivity contribution in [1.82, 2.24) is 8.96 Å². The van der Waals surface area contributed by atoms with E-state index in [4.69, 9.17) is 0 Å². The molecule has 0 saturated carbocycles. The van der Waals surface area contributed by atoms with Crippen LogP contribution in [0.15, 0.2) is 83.9 Å². The lowest BCUT2D eigenvalue weighted by Crippen LogP contribution is -2.12. The quantitative estimate of drug-likeness (QED) is 0.390. The van der Waals surface area contributed by atoms with Crippen LogP contribution in [0.4, 0.5) is 0 Å². The molecule has 0 aliphatic carbocycles. The van der Waals surface area contributed by atoms with Crippen LogP contribution in [0.1, 0.15) is 25.3 Å². The molecule has 0 N–H and O–H groups in total. The number of rotatable bonds is 3. The maximum absolute atomic E-state index is 13.6. The molecule has 5 aromatic rings. The van der Waals surface area contributed by atoms with Crippen LogP contribution >= 0.6 is 0 Å². The number of benzene rings is 3. The fourth-order valence-electron chi connectivity index (χ4n) is 3.94. The predicted octanol–water partition coefficient (Wildman–Crippen LogP) is 5.70. The molecule has 0 bridgehead atoms. The van der Waals surface area contributed by atoms with Gasteiger partial charge >= 0.3 is 0 Å². The zero-order valence-electron chi connectivity index (χ0n) is 16.2. The SMILES string of the molecule is CC(C)c1ccc2ncc3c(c2c1)c1ccccc1n3S(=O)(=O)c1ccccc1. The molecule has 2 aromatic heterocycles. The highest BCUT2D eigenvalue weighted by Crippen LogP contribution is 2.37. The van der Waals surface area contributed by atoms with E-state index in [9.17, 15) is 8.42 Å². The van der Waals surface area contributed by atoms with E-state index in [1.807, 2.05) is 36.4 Å². The van der Waals surface area contributed by atoms with Crippen molar-refractivity contribution < 1.29 is 8.42 Å². The maximum atomic E-state index is 13.6. The van der Waals surface area contributed by atoms with Crippen molar-refractivity contribution in [2.75, 3.05) is 0 Å². The molecule has 5 rings (SSSR count). The number of para-hydroxylation sites is 1. The fourth-order valence-corrected chi connectivity index (χ4v) is 5.47. The van der Waals surface area contributed by atoms with Gasteiger partial charge in [-0.05, 0) is 41.8 Å². The molecule has 2 heterocycles. The molecule has 0 saturated heterocycles. The van der Waals surface area contributed by atoms with Gasteiger partial charge < -0.3 is 0 Å². The molecule has 0 radical (unpaired) electrons. The largest absolute Gasteiger partial charge is 0.268 e. The molecule has 0 aliphatic heterocycles. The predicted molar refractivity (Wildman–Crippen MR) is 118 cm³/mol. The van der Waals surface area contributed by atoms with Gasteiger partial charge in [-0.15, -0.1) is 0 Å². The monoisotopic (exact) mass is 400 g/mol. The second-order valence-corrected chi connectivity index (χ2v) is 9.34. The molecule has 0 fully saturated rings. The molecule has 0 unspecified atom stereocenters. The minimum absolute atomic E-state index is 0.263. The standard InChI is InChI=1S/C24H20N2O2S/c1-16(2)17-12-13-21-20(14-17)24-19-10-6-7-11-22(19)26(23(24)15-25-21)29(27,28)18-8-4-3-5-9-18/h3-16H,1-2H3. The summed E-state index contributed by atoms with van der Waals surface area (Å²) in [7, 11) is -3.77. The van der Waals surface area contributed by atoms with Crippen LogP contribution in [-0.2, 0) is 10.0 Å². The lowest BCUT2D eigenvalue weighted by molar-refractivity contribution is 0.590. The Morgan fingerprint density at radius 3 is 2.31 bits per heavy atom. The normalized spacial score (nSPS) is 12.4.